The first-order chi connectivity index (χ1) is 11.5. The average molecular weight is 367 g/mol. The Morgan fingerprint density at radius 2 is 1.83 bits per heavy atom. The lowest BCUT2D eigenvalue weighted by Gasteiger charge is -2.20. The molecule has 0 aliphatic heterocycles. The van der Waals surface area contributed by atoms with E-state index in [4.69, 9.17) is 27.9 Å². The number of halogens is 2. The minimum Gasteiger partial charge on any atom is -0.548 e. The van der Waals surface area contributed by atoms with Crippen LogP contribution >= 0.6 is 23.2 Å². The van der Waals surface area contributed by atoms with Crippen molar-refractivity contribution in [3.8, 4) is 5.75 Å². The molecule has 2 aromatic carbocycles. The van der Waals surface area contributed by atoms with Crippen molar-refractivity contribution >= 4 is 35.1 Å². The summed E-state index contributed by atoms with van der Waals surface area (Å²) in [5.41, 5.74) is 0.772. The highest BCUT2D eigenvalue weighted by molar-refractivity contribution is 6.35. The van der Waals surface area contributed by atoms with E-state index in [2.05, 4.69) is 5.32 Å². The number of carbonyl (C=O) groups is 2. The molecule has 1 N–H and O–H groups in total. The van der Waals surface area contributed by atoms with E-state index >= 15 is 0 Å². The Hall–Kier alpha value is -2.24. The van der Waals surface area contributed by atoms with Crippen LogP contribution in [-0.2, 0) is 16.0 Å². The van der Waals surface area contributed by atoms with E-state index < -0.39 is 17.9 Å². The molecular weight excluding hydrogens is 353 g/mol. The topological polar surface area (TPSA) is 78.5 Å². The van der Waals surface area contributed by atoms with Gasteiger partial charge in [-0.1, -0.05) is 53.5 Å². The number of carboxylic acids is 1. The number of hydrogen-bond donors (Lipinski definition) is 1. The summed E-state index contributed by atoms with van der Waals surface area (Å²) in [6.07, 6.45) is 0.122. The molecule has 0 saturated carbocycles. The second kappa shape index (κ2) is 8.57. The zero-order valence-corrected chi connectivity index (χ0v) is 14.0. The summed E-state index contributed by atoms with van der Waals surface area (Å²) in [5.74, 6) is -1.67. The maximum absolute atomic E-state index is 11.9. The van der Waals surface area contributed by atoms with Crippen LogP contribution in [0.4, 0.5) is 0 Å². The molecule has 2 aromatic rings. The van der Waals surface area contributed by atoms with E-state index in [9.17, 15) is 14.7 Å². The third-order valence-electron chi connectivity index (χ3n) is 3.16. The van der Waals surface area contributed by atoms with Gasteiger partial charge in [0.25, 0.3) is 5.91 Å². The summed E-state index contributed by atoms with van der Waals surface area (Å²) in [6, 6.07) is 12.4. The predicted octanol–water partition coefficient (Wildman–Crippen LogP) is 1.85. The highest BCUT2D eigenvalue weighted by atomic mass is 35.5. The van der Waals surface area contributed by atoms with Gasteiger partial charge in [0.2, 0.25) is 0 Å². The quantitative estimate of drug-likeness (QED) is 0.810. The van der Waals surface area contributed by atoms with Crippen LogP contribution in [0, 0.1) is 0 Å². The van der Waals surface area contributed by atoms with E-state index in [1.165, 1.54) is 12.1 Å². The van der Waals surface area contributed by atoms with Crippen molar-refractivity contribution < 1.29 is 19.4 Å². The van der Waals surface area contributed by atoms with Gasteiger partial charge in [-0.25, -0.2) is 0 Å². The summed E-state index contributed by atoms with van der Waals surface area (Å²) >= 11 is 11.7. The van der Waals surface area contributed by atoms with Crippen molar-refractivity contribution in [3.63, 3.8) is 0 Å². The molecular formula is C17H14Cl2NO4-. The maximum Gasteiger partial charge on any atom is 0.258 e. The monoisotopic (exact) mass is 366 g/mol. The Kier molecular flexibility index (Phi) is 6.46. The number of carbonyl (C=O) groups excluding carboxylic acids is 2. The Labute approximate surface area is 149 Å². The molecule has 0 bridgehead atoms. The molecule has 24 heavy (non-hydrogen) atoms. The molecule has 0 spiro atoms. The number of nitrogens with one attached hydrogen (secondary N) is 1. The van der Waals surface area contributed by atoms with E-state index in [0.717, 1.165) is 5.56 Å². The molecule has 5 nitrogen and oxygen atoms in total. The van der Waals surface area contributed by atoms with Crippen LogP contribution in [0.15, 0.2) is 48.5 Å². The van der Waals surface area contributed by atoms with Crippen LogP contribution in [0.2, 0.25) is 10.0 Å². The lowest BCUT2D eigenvalue weighted by Crippen LogP contribution is -2.50. The first-order valence-electron chi connectivity index (χ1n) is 7.07. The van der Waals surface area contributed by atoms with Gasteiger partial charge in [-0.05, 0) is 30.2 Å². The second-order valence-corrected chi connectivity index (χ2v) is 5.84. The highest BCUT2D eigenvalue weighted by Crippen LogP contribution is 2.27. The Morgan fingerprint density at radius 1 is 1.12 bits per heavy atom. The Balaban J connectivity index is 1.92. The predicted molar refractivity (Wildman–Crippen MR) is 89.0 cm³/mol. The number of rotatable bonds is 7. The van der Waals surface area contributed by atoms with Crippen LogP contribution in [0.3, 0.4) is 0 Å². The van der Waals surface area contributed by atoms with Crippen molar-refractivity contribution in [1.82, 2.24) is 5.32 Å². The number of ether oxygens (including phenoxy) is 1. The zero-order valence-electron chi connectivity index (χ0n) is 12.5. The van der Waals surface area contributed by atoms with Crippen LogP contribution in [-0.4, -0.2) is 24.5 Å². The molecule has 0 aliphatic carbocycles. The van der Waals surface area contributed by atoms with Gasteiger partial charge in [-0.2, -0.15) is 0 Å². The molecule has 2 rings (SSSR count). The minimum absolute atomic E-state index is 0.122. The normalized spacial score (nSPS) is 11.6. The van der Waals surface area contributed by atoms with Crippen LogP contribution < -0.4 is 15.2 Å². The van der Waals surface area contributed by atoms with Crippen molar-refractivity contribution in [2.24, 2.45) is 0 Å². The zero-order chi connectivity index (χ0) is 17.5. The number of carboxylic acid groups (broad SMARTS) is 1. The van der Waals surface area contributed by atoms with Crippen molar-refractivity contribution in [3.05, 3.63) is 64.1 Å². The summed E-state index contributed by atoms with van der Waals surface area (Å²) in [7, 11) is 0. The molecule has 0 fully saturated rings. The molecule has 0 aliphatic rings. The van der Waals surface area contributed by atoms with Crippen LogP contribution in [0.1, 0.15) is 5.56 Å². The third-order valence-corrected chi connectivity index (χ3v) is 3.69. The fourth-order valence-electron chi connectivity index (χ4n) is 2.01. The van der Waals surface area contributed by atoms with Gasteiger partial charge in [-0.3, -0.25) is 4.79 Å². The summed E-state index contributed by atoms with van der Waals surface area (Å²) in [5, 5.41) is 14.3. The first-order valence-corrected chi connectivity index (χ1v) is 7.83. The summed E-state index contributed by atoms with van der Waals surface area (Å²) in [6.45, 7) is -0.375. The van der Waals surface area contributed by atoms with Gasteiger partial charge in [0.15, 0.2) is 6.61 Å². The maximum atomic E-state index is 11.9. The van der Waals surface area contributed by atoms with Crippen molar-refractivity contribution in [2.75, 3.05) is 6.61 Å². The van der Waals surface area contributed by atoms with Crippen molar-refractivity contribution in [1.29, 1.82) is 0 Å². The van der Waals surface area contributed by atoms with E-state index in [0.29, 0.717) is 5.02 Å². The summed E-state index contributed by atoms with van der Waals surface area (Å²) in [4.78, 5) is 23.1. The molecule has 0 heterocycles. The van der Waals surface area contributed by atoms with Crippen LogP contribution in [0.25, 0.3) is 0 Å². The van der Waals surface area contributed by atoms with E-state index in [-0.39, 0.29) is 23.8 Å². The molecule has 126 valence electrons. The third kappa shape index (κ3) is 5.44. The number of aliphatic carboxylic acids is 1. The smallest absolute Gasteiger partial charge is 0.258 e. The number of amides is 1. The lowest BCUT2D eigenvalue weighted by molar-refractivity contribution is -0.308. The van der Waals surface area contributed by atoms with Gasteiger partial charge in [-0.15, -0.1) is 0 Å². The second-order valence-electron chi connectivity index (χ2n) is 4.99. The van der Waals surface area contributed by atoms with Gasteiger partial charge < -0.3 is 20.0 Å². The molecule has 0 radical (unpaired) electrons. The number of hydrogen-bond acceptors (Lipinski definition) is 4. The minimum atomic E-state index is -1.36. The highest BCUT2D eigenvalue weighted by Gasteiger charge is 2.15. The van der Waals surface area contributed by atoms with Gasteiger partial charge >= 0.3 is 0 Å². The Bertz CT molecular complexity index is 722. The Morgan fingerprint density at radius 3 is 2.46 bits per heavy atom. The molecule has 0 unspecified atom stereocenters. The van der Waals surface area contributed by atoms with Crippen molar-refractivity contribution in [2.45, 2.75) is 12.5 Å². The average Bonchev–Trinajstić information content (AvgIpc) is 2.54. The molecule has 0 saturated heterocycles. The SMILES string of the molecule is O=C(COc1ccc(Cl)cc1Cl)N[C@H](Cc1ccccc1)C(=O)[O-]. The van der Waals surface area contributed by atoms with Gasteiger partial charge in [0, 0.05) is 5.02 Å². The van der Waals surface area contributed by atoms with Gasteiger partial charge in [0.05, 0.1) is 17.0 Å². The van der Waals surface area contributed by atoms with Gasteiger partial charge in [0.1, 0.15) is 5.75 Å². The lowest BCUT2D eigenvalue weighted by atomic mass is 10.1. The molecule has 1 amide bonds. The molecule has 0 aromatic heterocycles. The largest absolute Gasteiger partial charge is 0.548 e. The van der Waals surface area contributed by atoms with E-state index in [1.54, 1.807) is 30.3 Å². The standard InChI is InChI=1S/C17H15Cl2NO4/c18-12-6-7-15(13(19)9-12)24-10-16(21)20-14(17(22)23)8-11-4-2-1-3-5-11/h1-7,9,14H,8,10H2,(H,20,21)(H,22,23)/p-1/t14-/m1/s1. The van der Waals surface area contributed by atoms with Crippen LogP contribution in [0.5, 0.6) is 5.75 Å². The summed E-state index contributed by atoms with van der Waals surface area (Å²) < 4.78 is 5.27. The fourth-order valence-corrected chi connectivity index (χ4v) is 2.48. The first kappa shape index (κ1) is 18.1. The molecule has 7 heteroatoms. The molecule has 1 atom stereocenters. The number of benzene rings is 2. The fraction of sp³-hybridized carbons (Fsp3) is 0.176. The van der Waals surface area contributed by atoms with E-state index in [1.807, 2.05) is 6.07 Å².